The molecule has 0 aliphatic carbocycles. The fourth-order valence-corrected chi connectivity index (χ4v) is 4.18. The van der Waals surface area contributed by atoms with Crippen LogP contribution in [0, 0.1) is 0 Å². The van der Waals surface area contributed by atoms with E-state index in [-0.39, 0.29) is 11.7 Å². The van der Waals surface area contributed by atoms with Crippen LogP contribution in [0.5, 0.6) is 0 Å². The summed E-state index contributed by atoms with van der Waals surface area (Å²) in [6.07, 6.45) is 5.82. The smallest absolute Gasteiger partial charge is 0.410 e. The quantitative estimate of drug-likeness (QED) is 0.830. The third-order valence-corrected chi connectivity index (χ3v) is 5.63. The molecule has 2 fully saturated rings. The van der Waals surface area contributed by atoms with Crippen LogP contribution in [0.1, 0.15) is 43.7 Å². The molecule has 0 N–H and O–H groups in total. The Morgan fingerprint density at radius 3 is 2.67 bits per heavy atom. The summed E-state index contributed by atoms with van der Waals surface area (Å²) >= 11 is 0. The van der Waals surface area contributed by atoms with Crippen LogP contribution in [0.2, 0.25) is 0 Å². The largest absolute Gasteiger partial charge is 0.440 e. The zero-order chi connectivity index (χ0) is 19.0. The first-order valence-corrected chi connectivity index (χ1v) is 9.74. The number of carbonyl (C=O) groups is 1. The van der Waals surface area contributed by atoms with Crippen molar-refractivity contribution < 1.29 is 9.53 Å². The maximum atomic E-state index is 11.8. The number of hydrogen-bond acceptors (Lipinski definition) is 4. The number of nitrogens with zero attached hydrogens (tertiary/aromatic N) is 4. The summed E-state index contributed by atoms with van der Waals surface area (Å²) < 4.78 is 7.63. The van der Waals surface area contributed by atoms with E-state index < -0.39 is 0 Å². The lowest BCUT2D eigenvalue weighted by atomic mass is 9.92. The lowest BCUT2D eigenvalue weighted by Crippen LogP contribution is -2.50. The second kappa shape index (κ2) is 7.00. The minimum absolute atomic E-state index is 0.200. The molecular weight excluding hydrogens is 340 g/mol. The zero-order valence-electron chi connectivity index (χ0n) is 16.4. The number of piperidine rings is 1. The van der Waals surface area contributed by atoms with E-state index in [0.717, 1.165) is 38.2 Å². The van der Waals surface area contributed by atoms with Gasteiger partial charge in [0, 0.05) is 31.9 Å². The molecule has 2 saturated heterocycles. The molecule has 6 nitrogen and oxygen atoms in total. The minimum atomic E-state index is -0.341. The Bertz CT molecular complexity index is 814. The average molecular weight is 368 g/mol. The number of carbonyl (C=O) groups excluding carboxylic acids is 1. The molecule has 144 valence electrons. The molecule has 0 bridgehead atoms. The third-order valence-electron chi connectivity index (χ3n) is 5.63. The van der Waals surface area contributed by atoms with E-state index in [4.69, 9.17) is 4.74 Å². The fourth-order valence-electron chi connectivity index (χ4n) is 4.18. The standard InChI is InChI=1S/C21H28N4O2/c1-16(2)18-5-7-19(8-6-18)25-13-17(11-22-25)12-24-10-4-9-21(15-24)14-23(3)20(26)27-21/h5-8,11,13,16H,4,9-10,12,14-15H2,1-3H3. The lowest BCUT2D eigenvalue weighted by molar-refractivity contribution is -0.0113. The molecule has 1 atom stereocenters. The molecular formula is C21H28N4O2. The number of rotatable bonds is 4. The summed E-state index contributed by atoms with van der Waals surface area (Å²) in [4.78, 5) is 15.9. The van der Waals surface area contributed by atoms with Crippen molar-refractivity contribution in [2.75, 3.05) is 26.7 Å². The van der Waals surface area contributed by atoms with E-state index in [2.05, 4.69) is 54.3 Å². The van der Waals surface area contributed by atoms with Gasteiger partial charge in [0.2, 0.25) is 0 Å². The first-order chi connectivity index (χ1) is 12.9. The minimum Gasteiger partial charge on any atom is -0.440 e. The van der Waals surface area contributed by atoms with Crippen LogP contribution in [0.15, 0.2) is 36.7 Å². The summed E-state index contributed by atoms with van der Waals surface area (Å²) in [5.74, 6) is 0.530. The Labute approximate surface area is 160 Å². The maximum absolute atomic E-state index is 11.8. The molecule has 1 amide bonds. The fraction of sp³-hybridized carbons (Fsp3) is 0.524. The van der Waals surface area contributed by atoms with E-state index in [1.165, 1.54) is 11.1 Å². The molecule has 0 radical (unpaired) electrons. The van der Waals surface area contributed by atoms with E-state index in [9.17, 15) is 4.79 Å². The molecule has 1 unspecified atom stereocenters. The number of aromatic nitrogens is 2. The molecule has 6 heteroatoms. The van der Waals surface area contributed by atoms with E-state index in [1.54, 1.807) is 4.90 Å². The van der Waals surface area contributed by atoms with Crippen LogP contribution in [0.25, 0.3) is 5.69 Å². The number of likely N-dealkylation sites (tertiary alicyclic amines) is 1. The van der Waals surface area contributed by atoms with Crippen molar-refractivity contribution in [3.63, 3.8) is 0 Å². The first kappa shape index (κ1) is 18.0. The van der Waals surface area contributed by atoms with Crippen LogP contribution >= 0.6 is 0 Å². The number of hydrogen-bond donors (Lipinski definition) is 0. The number of benzene rings is 1. The summed E-state index contributed by atoms with van der Waals surface area (Å²) in [5, 5.41) is 4.54. The monoisotopic (exact) mass is 368 g/mol. The van der Waals surface area contributed by atoms with Gasteiger partial charge >= 0.3 is 6.09 Å². The zero-order valence-corrected chi connectivity index (χ0v) is 16.4. The highest BCUT2D eigenvalue weighted by molar-refractivity contribution is 5.70. The molecule has 1 spiro atoms. The summed E-state index contributed by atoms with van der Waals surface area (Å²) in [6.45, 7) is 7.73. The molecule has 1 aromatic carbocycles. The second-order valence-corrected chi connectivity index (χ2v) is 8.26. The molecule has 2 aliphatic rings. The third kappa shape index (κ3) is 3.72. The Morgan fingerprint density at radius 2 is 2.00 bits per heavy atom. The summed E-state index contributed by atoms with van der Waals surface area (Å²) in [6, 6.07) is 8.58. The van der Waals surface area contributed by atoms with Gasteiger partial charge in [0.1, 0.15) is 5.60 Å². The normalized spacial score (nSPS) is 23.4. The van der Waals surface area contributed by atoms with Gasteiger partial charge in [-0.2, -0.15) is 5.10 Å². The van der Waals surface area contributed by atoms with Crippen LogP contribution in [0.4, 0.5) is 4.79 Å². The maximum Gasteiger partial charge on any atom is 0.410 e. The van der Waals surface area contributed by atoms with Gasteiger partial charge in [0.05, 0.1) is 18.4 Å². The van der Waals surface area contributed by atoms with E-state index in [0.29, 0.717) is 12.5 Å². The SMILES string of the molecule is CC(C)c1ccc(-n2cc(CN3CCCC4(C3)CN(C)C(=O)O4)cn2)cc1. The highest BCUT2D eigenvalue weighted by Gasteiger charge is 2.46. The van der Waals surface area contributed by atoms with Crippen molar-refractivity contribution in [1.29, 1.82) is 0 Å². The first-order valence-electron chi connectivity index (χ1n) is 9.74. The molecule has 2 aromatic rings. The van der Waals surface area contributed by atoms with Gasteiger partial charge in [-0.1, -0.05) is 26.0 Å². The van der Waals surface area contributed by atoms with Gasteiger partial charge in [-0.25, -0.2) is 9.48 Å². The van der Waals surface area contributed by atoms with Gasteiger partial charge in [0.25, 0.3) is 0 Å². The molecule has 3 heterocycles. The Balaban J connectivity index is 1.42. The molecule has 1 aromatic heterocycles. The van der Waals surface area contributed by atoms with Crippen LogP contribution < -0.4 is 0 Å². The van der Waals surface area contributed by atoms with Crippen molar-refractivity contribution >= 4 is 6.09 Å². The number of likely N-dealkylation sites (N-methyl/N-ethyl adjacent to an activating group) is 1. The van der Waals surface area contributed by atoms with Crippen LogP contribution in [0.3, 0.4) is 0 Å². The molecule has 2 aliphatic heterocycles. The average Bonchev–Trinajstić information content (AvgIpc) is 3.20. The van der Waals surface area contributed by atoms with Gasteiger partial charge < -0.3 is 9.64 Å². The van der Waals surface area contributed by atoms with Crippen molar-refractivity contribution in [3.05, 3.63) is 47.8 Å². The number of ether oxygens (including phenoxy) is 1. The lowest BCUT2D eigenvalue weighted by Gasteiger charge is -2.38. The predicted molar refractivity (Wildman–Crippen MR) is 104 cm³/mol. The Kier molecular flexibility index (Phi) is 4.68. The van der Waals surface area contributed by atoms with Crippen molar-refractivity contribution in [2.24, 2.45) is 0 Å². The van der Waals surface area contributed by atoms with Gasteiger partial charge in [-0.15, -0.1) is 0 Å². The number of amides is 1. The van der Waals surface area contributed by atoms with Crippen LogP contribution in [-0.2, 0) is 11.3 Å². The molecule has 4 rings (SSSR count). The Morgan fingerprint density at radius 1 is 1.22 bits per heavy atom. The topological polar surface area (TPSA) is 50.6 Å². The second-order valence-electron chi connectivity index (χ2n) is 8.26. The summed E-state index contributed by atoms with van der Waals surface area (Å²) in [5.41, 5.74) is 3.25. The van der Waals surface area contributed by atoms with Gasteiger partial charge in [0.15, 0.2) is 0 Å². The summed E-state index contributed by atoms with van der Waals surface area (Å²) in [7, 11) is 1.81. The van der Waals surface area contributed by atoms with E-state index >= 15 is 0 Å². The predicted octanol–water partition coefficient (Wildman–Crippen LogP) is 3.41. The van der Waals surface area contributed by atoms with Crippen LogP contribution in [-0.4, -0.2) is 58.0 Å². The van der Waals surface area contributed by atoms with Crippen molar-refractivity contribution in [1.82, 2.24) is 19.6 Å². The molecule has 0 saturated carbocycles. The highest BCUT2D eigenvalue weighted by Crippen LogP contribution is 2.32. The van der Waals surface area contributed by atoms with Crippen molar-refractivity contribution in [3.8, 4) is 5.69 Å². The highest BCUT2D eigenvalue weighted by atomic mass is 16.6. The Hall–Kier alpha value is -2.34. The van der Waals surface area contributed by atoms with E-state index in [1.807, 2.05) is 17.9 Å². The van der Waals surface area contributed by atoms with Gasteiger partial charge in [-0.05, 0) is 43.0 Å². The molecule has 27 heavy (non-hydrogen) atoms. The van der Waals surface area contributed by atoms with Gasteiger partial charge in [-0.3, -0.25) is 4.90 Å². The van der Waals surface area contributed by atoms with Crippen molar-refractivity contribution in [2.45, 2.75) is 44.8 Å².